The maximum atomic E-state index is 13.4. The summed E-state index contributed by atoms with van der Waals surface area (Å²) in [6, 6.07) is 5.73. The fourth-order valence-electron chi connectivity index (χ4n) is 2.26. The quantitative estimate of drug-likeness (QED) is 0.779. The van der Waals surface area contributed by atoms with Crippen LogP contribution < -0.4 is 4.90 Å². The van der Waals surface area contributed by atoms with Crippen LogP contribution in [0.25, 0.3) is 0 Å². The second-order valence-corrected chi connectivity index (χ2v) is 4.80. The van der Waals surface area contributed by atoms with Gasteiger partial charge in [0.25, 0.3) is 5.91 Å². The molecule has 114 valence electrons. The van der Waals surface area contributed by atoms with Crippen LogP contribution in [-0.2, 0) is 19.1 Å². The zero-order valence-corrected chi connectivity index (χ0v) is 11.9. The third-order valence-corrected chi connectivity index (χ3v) is 3.36. The molecule has 0 radical (unpaired) electrons. The highest BCUT2D eigenvalue weighted by molar-refractivity contribution is 5.97. The molecule has 0 unspecified atom stereocenters. The van der Waals surface area contributed by atoms with Crippen molar-refractivity contribution in [3.05, 3.63) is 30.1 Å². The van der Waals surface area contributed by atoms with Gasteiger partial charge in [-0.05, 0) is 31.0 Å². The summed E-state index contributed by atoms with van der Waals surface area (Å²) in [6.45, 7) is 0.680. The van der Waals surface area contributed by atoms with Crippen LogP contribution >= 0.6 is 0 Å². The Morgan fingerprint density at radius 3 is 2.90 bits per heavy atom. The summed E-state index contributed by atoms with van der Waals surface area (Å²) >= 11 is 0. The monoisotopic (exact) mass is 295 g/mol. The third kappa shape index (κ3) is 4.01. The van der Waals surface area contributed by atoms with E-state index in [1.54, 1.807) is 6.07 Å². The Balaban J connectivity index is 2.16. The van der Waals surface area contributed by atoms with E-state index in [0.29, 0.717) is 18.7 Å². The summed E-state index contributed by atoms with van der Waals surface area (Å²) in [6.07, 6.45) is 0.990. The summed E-state index contributed by atoms with van der Waals surface area (Å²) in [7, 11) is 1.29. The lowest BCUT2D eigenvalue weighted by Crippen LogP contribution is -2.40. The van der Waals surface area contributed by atoms with E-state index in [1.807, 2.05) is 0 Å². The van der Waals surface area contributed by atoms with Crippen molar-refractivity contribution in [3.8, 4) is 0 Å². The van der Waals surface area contributed by atoms with E-state index in [0.717, 1.165) is 6.42 Å². The maximum absolute atomic E-state index is 13.4. The first-order chi connectivity index (χ1) is 10.1. The van der Waals surface area contributed by atoms with Gasteiger partial charge in [-0.1, -0.05) is 6.07 Å². The Hall–Kier alpha value is -1.95. The van der Waals surface area contributed by atoms with Gasteiger partial charge in [0.15, 0.2) is 0 Å². The van der Waals surface area contributed by atoms with Crippen molar-refractivity contribution in [1.29, 1.82) is 0 Å². The van der Waals surface area contributed by atoms with Crippen LogP contribution in [0.15, 0.2) is 24.3 Å². The molecule has 0 N–H and O–H groups in total. The average Bonchev–Trinajstić information content (AvgIpc) is 3.01. The minimum atomic E-state index is -0.522. The van der Waals surface area contributed by atoms with Crippen molar-refractivity contribution in [2.45, 2.75) is 25.4 Å². The fourth-order valence-corrected chi connectivity index (χ4v) is 2.26. The highest BCUT2D eigenvalue weighted by atomic mass is 19.1. The van der Waals surface area contributed by atoms with E-state index >= 15 is 0 Å². The second-order valence-electron chi connectivity index (χ2n) is 4.80. The number of anilines is 1. The lowest BCUT2D eigenvalue weighted by Gasteiger charge is -2.25. The van der Waals surface area contributed by atoms with Crippen LogP contribution in [0.5, 0.6) is 0 Å². The number of benzene rings is 1. The topological polar surface area (TPSA) is 55.8 Å². The zero-order valence-electron chi connectivity index (χ0n) is 11.9. The largest absolute Gasteiger partial charge is 0.469 e. The van der Waals surface area contributed by atoms with Gasteiger partial charge in [0.05, 0.1) is 13.5 Å². The van der Waals surface area contributed by atoms with Crippen LogP contribution in [0, 0.1) is 5.82 Å². The summed E-state index contributed by atoms with van der Waals surface area (Å²) in [5.41, 5.74) is 0.416. The number of ether oxygens (including phenoxy) is 2. The minimum absolute atomic E-state index is 0.0471. The van der Waals surface area contributed by atoms with E-state index in [4.69, 9.17) is 4.74 Å². The number of hydrogen-bond acceptors (Lipinski definition) is 4. The van der Waals surface area contributed by atoms with E-state index in [-0.39, 0.29) is 18.9 Å². The molecule has 1 aromatic carbocycles. The molecule has 0 bridgehead atoms. The molecule has 1 heterocycles. The van der Waals surface area contributed by atoms with Gasteiger partial charge in [-0.3, -0.25) is 9.59 Å². The Morgan fingerprint density at radius 2 is 2.29 bits per heavy atom. The van der Waals surface area contributed by atoms with Gasteiger partial charge in [0.2, 0.25) is 0 Å². The highest BCUT2D eigenvalue weighted by Gasteiger charge is 2.29. The van der Waals surface area contributed by atoms with Crippen LogP contribution in [0.2, 0.25) is 0 Å². The first-order valence-corrected chi connectivity index (χ1v) is 6.87. The number of carbonyl (C=O) groups is 2. The fraction of sp³-hybridized carbons (Fsp3) is 0.467. The van der Waals surface area contributed by atoms with Crippen molar-refractivity contribution in [2.24, 2.45) is 0 Å². The van der Waals surface area contributed by atoms with Gasteiger partial charge < -0.3 is 14.4 Å². The molecule has 0 aliphatic carbocycles. The predicted octanol–water partition coefficient (Wildman–Crippen LogP) is 1.90. The first kappa shape index (κ1) is 15.4. The second kappa shape index (κ2) is 7.17. The maximum Gasteiger partial charge on any atom is 0.307 e. The SMILES string of the molecule is COC(=O)CCN(C(=O)[C@@H]1CCCO1)c1cccc(F)c1. The third-order valence-electron chi connectivity index (χ3n) is 3.36. The van der Waals surface area contributed by atoms with E-state index in [1.165, 1.54) is 30.2 Å². The molecule has 1 saturated heterocycles. The number of carbonyl (C=O) groups excluding carboxylic acids is 2. The smallest absolute Gasteiger partial charge is 0.307 e. The van der Waals surface area contributed by atoms with Gasteiger partial charge in [0, 0.05) is 18.8 Å². The molecule has 21 heavy (non-hydrogen) atoms. The summed E-state index contributed by atoms with van der Waals surface area (Å²) in [5, 5.41) is 0. The number of halogens is 1. The molecule has 6 heteroatoms. The molecule has 1 aromatic rings. The van der Waals surface area contributed by atoms with E-state index in [2.05, 4.69) is 4.74 Å². The van der Waals surface area contributed by atoms with Crippen molar-refractivity contribution in [1.82, 2.24) is 0 Å². The van der Waals surface area contributed by atoms with Gasteiger partial charge in [-0.15, -0.1) is 0 Å². The lowest BCUT2D eigenvalue weighted by atomic mass is 10.2. The number of rotatable bonds is 5. The molecule has 1 amide bonds. The molecule has 2 rings (SSSR count). The molecule has 1 fully saturated rings. The number of methoxy groups -OCH3 is 1. The molecule has 1 aliphatic heterocycles. The van der Waals surface area contributed by atoms with Crippen LogP contribution in [0.4, 0.5) is 10.1 Å². The van der Waals surface area contributed by atoms with Gasteiger partial charge in [-0.25, -0.2) is 4.39 Å². The molecule has 1 atom stereocenters. The van der Waals surface area contributed by atoms with E-state index < -0.39 is 17.9 Å². The van der Waals surface area contributed by atoms with Crippen LogP contribution in [0.3, 0.4) is 0 Å². The summed E-state index contributed by atoms with van der Waals surface area (Å²) in [5.74, 6) is -1.10. The van der Waals surface area contributed by atoms with Crippen LogP contribution in [0.1, 0.15) is 19.3 Å². The Labute approximate surface area is 122 Å². The number of amides is 1. The molecule has 0 aromatic heterocycles. The molecule has 5 nitrogen and oxygen atoms in total. The zero-order chi connectivity index (χ0) is 15.2. The molecular weight excluding hydrogens is 277 g/mol. The lowest BCUT2D eigenvalue weighted by molar-refractivity contribution is -0.140. The van der Waals surface area contributed by atoms with Gasteiger partial charge >= 0.3 is 5.97 Å². The number of nitrogens with zero attached hydrogens (tertiary/aromatic N) is 1. The number of esters is 1. The van der Waals surface area contributed by atoms with Gasteiger partial charge in [-0.2, -0.15) is 0 Å². The minimum Gasteiger partial charge on any atom is -0.469 e. The Bertz CT molecular complexity index is 514. The molecular formula is C15H18FNO4. The van der Waals surface area contributed by atoms with Crippen molar-refractivity contribution in [2.75, 3.05) is 25.2 Å². The Kier molecular flexibility index (Phi) is 5.27. The normalized spacial score (nSPS) is 17.5. The summed E-state index contributed by atoms with van der Waals surface area (Å²) < 4.78 is 23.3. The predicted molar refractivity (Wildman–Crippen MR) is 74.4 cm³/mol. The first-order valence-electron chi connectivity index (χ1n) is 6.87. The molecule has 0 spiro atoms. The van der Waals surface area contributed by atoms with Gasteiger partial charge in [0.1, 0.15) is 11.9 Å². The Morgan fingerprint density at radius 1 is 1.48 bits per heavy atom. The highest BCUT2D eigenvalue weighted by Crippen LogP contribution is 2.21. The molecule has 0 saturated carbocycles. The molecule has 1 aliphatic rings. The average molecular weight is 295 g/mol. The summed E-state index contributed by atoms with van der Waals surface area (Å²) in [4.78, 5) is 25.2. The standard InChI is InChI=1S/C15H18FNO4/c1-20-14(18)7-8-17(12-5-2-4-11(16)10-12)15(19)13-6-3-9-21-13/h2,4-5,10,13H,3,6-9H2,1H3/t13-/m0/s1. The van der Waals surface area contributed by atoms with Crippen molar-refractivity contribution >= 4 is 17.6 Å². The van der Waals surface area contributed by atoms with Crippen molar-refractivity contribution in [3.63, 3.8) is 0 Å². The van der Waals surface area contributed by atoms with Crippen molar-refractivity contribution < 1.29 is 23.5 Å². The number of hydrogen-bond donors (Lipinski definition) is 0. The van der Waals surface area contributed by atoms with E-state index in [9.17, 15) is 14.0 Å². The van der Waals surface area contributed by atoms with Crippen LogP contribution in [-0.4, -0.2) is 38.2 Å².